The molecule has 0 spiro atoms. The monoisotopic (exact) mass is 438 g/mol. The van der Waals surface area contributed by atoms with Crippen molar-refractivity contribution in [3.63, 3.8) is 0 Å². The molecule has 0 radical (unpaired) electrons. The number of anilines is 2. The third-order valence-electron chi connectivity index (χ3n) is 5.64. The SMILES string of the molecule is O=C1CCc2c(OCC3(O)CCN(c4ccc(Cl)cc4F)CC3O)ccc(F)c2N1. The molecule has 2 aliphatic rings. The number of carbonyl (C=O) groups excluding carboxylic acids is 1. The van der Waals surface area contributed by atoms with Crippen molar-refractivity contribution in [1.82, 2.24) is 0 Å². The van der Waals surface area contributed by atoms with Crippen LogP contribution < -0.4 is 15.0 Å². The minimum atomic E-state index is -1.56. The number of aliphatic hydroxyl groups excluding tert-OH is 1. The van der Waals surface area contributed by atoms with Gasteiger partial charge in [0.2, 0.25) is 5.91 Å². The zero-order valence-corrected chi connectivity index (χ0v) is 16.8. The van der Waals surface area contributed by atoms with Crippen LogP contribution in [-0.2, 0) is 11.2 Å². The standard InChI is InChI=1S/C21H21ClF2N2O4/c22-12-1-4-16(15(24)9-12)26-8-7-21(29,18(27)10-26)11-30-17-5-3-14(23)20-13(17)2-6-19(28)25-20/h1,3-5,9,18,27,29H,2,6-8,10-11H2,(H,25,28). The van der Waals surface area contributed by atoms with E-state index in [0.717, 1.165) is 0 Å². The van der Waals surface area contributed by atoms with Crippen molar-refractivity contribution in [2.45, 2.75) is 31.0 Å². The van der Waals surface area contributed by atoms with Gasteiger partial charge >= 0.3 is 0 Å². The molecule has 30 heavy (non-hydrogen) atoms. The number of β-amino-alcohol motifs (C(OH)–C–C–N with tert-alkyl or cyclic N) is 1. The Morgan fingerprint density at radius 3 is 2.77 bits per heavy atom. The molecule has 3 N–H and O–H groups in total. The maximum Gasteiger partial charge on any atom is 0.224 e. The molecule has 160 valence electrons. The van der Waals surface area contributed by atoms with E-state index in [9.17, 15) is 23.8 Å². The van der Waals surface area contributed by atoms with Gasteiger partial charge in [-0.15, -0.1) is 0 Å². The van der Waals surface area contributed by atoms with Crippen molar-refractivity contribution in [2.75, 3.05) is 29.9 Å². The first-order valence-corrected chi connectivity index (χ1v) is 9.99. The van der Waals surface area contributed by atoms with Crippen molar-refractivity contribution in [3.05, 3.63) is 52.6 Å². The van der Waals surface area contributed by atoms with Crippen molar-refractivity contribution < 1.29 is 28.5 Å². The number of amides is 1. The number of hydrogen-bond acceptors (Lipinski definition) is 5. The number of nitrogens with zero attached hydrogens (tertiary/aromatic N) is 1. The summed E-state index contributed by atoms with van der Waals surface area (Å²) < 4.78 is 34.0. The van der Waals surface area contributed by atoms with Gasteiger partial charge in [0.15, 0.2) is 0 Å². The molecule has 1 fully saturated rings. The molecule has 2 heterocycles. The highest BCUT2D eigenvalue weighted by Crippen LogP contribution is 2.35. The van der Waals surface area contributed by atoms with Gasteiger partial charge in [0.05, 0.1) is 11.4 Å². The molecule has 2 atom stereocenters. The third kappa shape index (κ3) is 3.95. The second-order valence-electron chi connectivity index (χ2n) is 7.65. The molecule has 0 aromatic heterocycles. The maximum absolute atomic E-state index is 14.2. The molecule has 6 nitrogen and oxygen atoms in total. The Labute approximate surface area is 177 Å². The Morgan fingerprint density at radius 1 is 1.23 bits per heavy atom. The van der Waals surface area contributed by atoms with Gasteiger partial charge in [0, 0.05) is 30.1 Å². The summed E-state index contributed by atoms with van der Waals surface area (Å²) in [6.45, 7) is 0.0835. The summed E-state index contributed by atoms with van der Waals surface area (Å²) in [5.41, 5.74) is -0.652. The minimum absolute atomic E-state index is 0.00992. The Morgan fingerprint density at radius 2 is 2.03 bits per heavy atom. The van der Waals surface area contributed by atoms with Crippen LogP contribution in [0.15, 0.2) is 30.3 Å². The number of aliphatic hydroxyl groups is 2. The first-order chi connectivity index (χ1) is 14.3. The number of ether oxygens (including phenoxy) is 1. The lowest BCUT2D eigenvalue weighted by molar-refractivity contribution is -0.116. The second-order valence-corrected chi connectivity index (χ2v) is 8.08. The second kappa shape index (κ2) is 8.02. The summed E-state index contributed by atoms with van der Waals surface area (Å²) in [6, 6.07) is 6.92. The number of hydrogen-bond donors (Lipinski definition) is 3. The van der Waals surface area contributed by atoms with E-state index in [1.54, 1.807) is 11.0 Å². The Balaban J connectivity index is 1.46. The van der Waals surface area contributed by atoms with E-state index in [-0.39, 0.29) is 42.6 Å². The van der Waals surface area contributed by atoms with Crippen molar-refractivity contribution in [1.29, 1.82) is 0 Å². The summed E-state index contributed by atoms with van der Waals surface area (Å²) in [7, 11) is 0. The van der Waals surface area contributed by atoms with E-state index in [2.05, 4.69) is 5.32 Å². The number of rotatable bonds is 4. The lowest BCUT2D eigenvalue weighted by Crippen LogP contribution is -2.58. The fourth-order valence-corrected chi connectivity index (χ4v) is 4.01. The summed E-state index contributed by atoms with van der Waals surface area (Å²) in [6.07, 6.45) is -0.534. The molecule has 1 saturated heterocycles. The van der Waals surface area contributed by atoms with Gasteiger partial charge in [-0.25, -0.2) is 8.78 Å². The first-order valence-electron chi connectivity index (χ1n) is 9.61. The van der Waals surface area contributed by atoms with Gasteiger partial charge in [-0.2, -0.15) is 0 Å². The van der Waals surface area contributed by atoms with Crippen LogP contribution in [0.5, 0.6) is 5.75 Å². The number of halogens is 3. The van der Waals surface area contributed by atoms with Crippen LogP contribution in [0.3, 0.4) is 0 Å². The first kappa shape index (κ1) is 20.8. The van der Waals surface area contributed by atoms with Crippen LogP contribution >= 0.6 is 11.6 Å². The highest BCUT2D eigenvalue weighted by molar-refractivity contribution is 6.30. The number of benzene rings is 2. The minimum Gasteiger partial charge on any atom is -0.490 e. The fraction of sp³-hybridized carbons (Fsp3) is 0.381. The summed E-state index contributed by atoms with van der Waals surface area (Å²) >= 11 is 5.79. The van der Waals surface area contributed by atoms with Gasteiger partial charge in [-0.1, -0.05) is 11.6 Å². The van der Waals surface area contributed by atoms with Crippen LogP contribution in [0.2, 0.25) is 5.02 Å². The summed E-state index contributed by atoms with van der Waals surface area (Å²) in [5.74, 6) is -0.980. The maximum atomic E-state index is 14.2. The third-order valence-corrected chi connectivity index (χ3v) is 5.88. The Hall–Kier alpha value is -2.42. The van der Waals surface area contributed by atoms with E-state index in [1.807, 2.05) is 0 Å². The molecule has 0 aliphatic carbocycles. The predicted octanol–water partition coefficient (Wildman–Crippen LogP) is 2.88. The van der Waals surface area contributed by atoms with Gasteiger partial charge in [0.1, 0.15) is 35.7 Å². The van der Waals surface area contributed by atoms with E-state index in [1.165, 1.54) is 24.3 Å². The molecule has 4 rings (SSSR count). The van der Waals surface area contributed by atoms with Gasteiger partial charge in [-0.3, -0.25) is 4.79 Å². The van der Waals surface area contributed by atoms with Crippen LogP contribution in [0, 0.1) is 11.6 Å². The Kier molecular flexibility index (Phi) is 5.57. The predicted molar refractivity (Wildman–Crippen MR) is 108 cm³/mol. The van der Waals surface area contributed by atoms with Gasteiger partial charge in [-0.05, 0) is 43.2 Å². The van der Waals surface area contributed by atoms with Crippen LogP contribution in [0.1, 0.15) is 18.4 Å². The highest BCUT2D eigenvalue weighted by Gasteiger charge is 2.42. The smallest absolute Gasteiger partial charge is 0.224 e. The van der Waals surface area contributed by atoms with E-state index in [4.69, 9.17) is 16.3 Å². The van der Waals surface area contributed by atoms with Gasteiger partial charge in [0.25, 0.3) is 0 Å². The zero-order valence-electron chi connectivity index (χ0n) is 16.0. The van der Waals surface area contributed by atoms with E-state index in [0.29, 0.717) is 30.0 Å². The van der Waals surface area contributed by atoms with E-state index >= 15 is 0 Å². The fourth-order valence-electron chi connectivity index (χ4n) is 3.85. The van der Waals surface area contributed by atoms with Crippen LogP contribution in [0.4, 0.5) is 20.2 Å². The molecule has 9 heteroatoms. The molecule has 2 aliphatic heterocycles. The van der Waals surface area contributed by atoms with Crippen LogP contribution in [0.25, 0.3) is 0 Å². The molecule has 0 saturated carbocycles. The molecule has 2 aromatic rings. The molecular weight excluding hydrogens is 418 g/mol. The van der Waals surface area contributed by atoms with Crippen molar-refractivity contribution in [2.24, 2.45) is 0 Å². The van der Waals surface area contributed by atoms with Crippen molar-refractivity contribution >= 4 is 28.9 Å². The molecular formula is C21H21ClF2N2O4. The Bertz CT molecular complexity index is 990. The number of fused-ring (bicyclic) bond motifs is 1. The summed E-state index contributed by atoms with van der Waals surface area (Å²) in [5, 5.41) is 24.3. The number of carbonyl (C=O) groups is 1. The largest absolute Gasteiger partial charge is 0.490 e. The lowest BCUT2D eigenvalue weighted by Gasteiger charge is -2.42. The number of piperidine rings is 1. The van der Waals surface area contributed by atoms with Crippen molar-refractivity contribution in [3.8, 4) is 5.75 Å². The summed E-state index contributed by atoms with van der Waals surface area (Å²) in [4.78, 5) is 13.2. The number of nitrogens with one attached hydrogen (secondary N) is 1. The van der Waals surface area contributed by atoms with E-state index < -0.39 is 23.3 Å². The van der Waals surface area contributed by atoms with Crippen LogP contribution in [-0.4, -0.2) is 47.5 Å². The topological polar surface area (TPSA) is 82.0 Å². The molecule has 2 aromatic carbocycles. The van der Waals surface area contributed by atoms with Gasteiger partial charge < -0.3 is 25.2 Å². The average molecular weight is 439 g/mol. The highest BCUT2D eigenvalue weighted by atomic mass is 35.5. The average Bonchev–Trinajstić information content (AvgIpc) is 2.70. The normalized spacial score (nSPS) is 23.7. The quantitative estimate of drug-likeness (QED) is 0.684. The molecule has 1 amide bonds. The molecule has 0 bridgehead atoms. The lowest BCUT2D eigenvalue weighted by atomic mass is 9.89. The zero-order chi connectivity index (χ0) is 21.5. The molecule has 2 unspecified atom stereocenters.